The molecule has 0 atom stereocenters. The molecule has 8 nitrogen and oxygen atoms in total. The summed E-state index contributed by atoms with van der Waals surface area (Å²) in [6.07, 6.45) is 11.7. The molecule has 1 amide bonds. The number of carboxylic acid groups (broad SMARTS) is 1. The van der Waals surface area contributed by atoms with E-state index in [1.165, 1.54) is 37.9 Å². The molecular formula is C21H27N5O3. The average Bonchev–Trinajstić information content (AvgIpc) is 3.19. The maximum atomic E-state index is 12.5. The summed E-state index contributed by atoms with van der Waals surface area (Å²) in [4.78, 5) is 29.7. The van der Waals surface area contributed by atoms with Crippen molar-refractivity contribution < 1.29 is 14.7 Å². The smallest absolute Gasteiger partial charge is 0.337 e. The average molecular weight is 397 g/mol. The van der Waals surface area contributed by atoms with Gasteiger partial charge in [0.05, 0.1) is 17.5 Å². The lowest BCUT2D eigenvalue weighted by Crippen LogP contribution is -2.49. The summed E-state index contributed by atoms with van der Waals surface area (Å²) in [5.74, 6) is -0.715. The van der Waals surface area contributed by atoms with Gasteiger partial charge >= 0.3 is 5.97 Å². The standard InChI is InChI=1S/C21H27N5O3/c27-19(25-11-4-10-21(15-25)8-3-9-21)5-1-2-12-26-14-18(23-24-26)17-7-6-16(13-22-17)20(28)29/h6-7,13-14H,1-5,8-12,15H2,(H,28,29). The van der Waals surface area contributed by atoms with E-state index >= 15 is 0 Å². The van der Waals surface area contributed by atoms with Gasteiger partial charge < -0.3 is 10.0 Å². The van der Waals surface area contributed by atoms with Gasteiger partial charge in [-0.15, -0.1) is 5.10 Å². The van der Waals surface area contributed by atoms with Crippen LogP contribution in [0.4, 0.5) is 0 Å². The Morgan fingerprint density at radius 2 is 1.93 bits per heavy atom. The van der Waals surface area contributed by atoms with Crippen LogP contribution in [0.5, 0.6) is 0 Å². The van der Waals surface area contributed by atoms with Gasteiger partial charge in [0.25, 0.3) is 0 Å². The number of hydrogen-bond donors (Lipinski definition) is 1. The molecule has 154 valence electrons. The van der Waals surface area contributed by atoms with Crippen LogP contribution in [0.25, 0.3) is 11.4 Å². The van der Waals surface area contributed by atoms with Crippen molar-refractivity contribution in [3.63, 3.8) is 0 Å². The number of likely N-dealkylation sites (tertiary alicyclic amines) is 1. The van der Waals surface area contributed by atoms with Crippen LogP contribution in [0.3, 0.4) is 0 Å². The summed E-state index contributed by atoms with van der Waals surface area (Å²) in [6, 6.07) is 3.13. The van der Waals surface area contributed by atoms with Crippen molar-refractivity contribution in [1.29, 1.82) is 0 Å². The molecule has 0 unspecified atom stereocenters. The van der Waals surface area contributed by atoms with Crippen LogP contribution in [-0.4, -0.2) is 55.0 Å². The van der Waals surface area contributed by atoms with E-state index in [0.717, 1.165) is 32.4 Å². The van der Waals surface area contributed by atoms with Crippen LogP contribution in [0.2, 0.25) is 0 Å². The van der Waals surface area contributed by atoms with E-state index < -0.39 is 5.97 Å². The number of hydrogen-bond acceptors (Lipinski definition) is 5. The van der Waals surface area contributed by atoms with E-state index in [1.807, 2.05) is 0 Å². The summed E-state index contributed by atoms with van der Waals surface area (Å²) in [5.41, 5.74) is 1.79. The minimum absolute atomic E-state index is 0.141. The van der Waals surface area contributed by atoms with Gasteiger partial charge in [0.15, 0.2) is 0 Å². The SMILES string of the molecule is O=C(O)c1ccc(-c2cn(CCCCC(=O)N3CCCC4(CCC4)C3)nn2)nc1. The second-order valence-corrected chi connectivity index (χ2v) is 8.33. The van der Waals surface area contributed by atoms with E-state index in [1.54, 1.807) is 16.9 Å². The van der Waals surface area contributed by atoms with E-state index in [-0.39, 0.29) is 11.5 Å². The number of pyridine rings is 1. The number of carbonyl (C=O) groups excluding carboxylic acids is 1. The molecule has 4 rings (SSSR count). The van der Waals surface area contributed by atoms with Crippen LogP contribution in [-0.2, 0) is 11.3 Å². The highest BCUT2D eigenvalue weighted by atomic mass is 16.4. The first kappa shape index (κ1) is 19.5. The second kappa shape index (κ2) is 8.31. The van der Waals surface area contributed by atoms with Gasteiger partial charge in [-0.2, -0.15) is 0 Å². The van der Waals surface area contributed by atoms with Crippen molar-refractivity contribution in [2.45, 2.75) is 57.9 Å². The van der Waals surface area contributed by atoms with Crippen molar-refractivity contribution in [2.24, 2.45) is 5.41 Å². The van der Waals surface area contributed by atoms with Gasteiger partial charge in [0.2, 0.25) is 5.91 Å². The molecule has 1 aliphatic carbocycles. The largest absolute Gasteiger partial charge is 0.478 e. The predicted octanol–water partition coefficient (Wildman–Crippen LogP) is 3.00. The number of aromatic nitrogens is 4. The highest BCUT2D eigenvalue weighted by Crippen LogP contribution is 2.47. The molecule has 0 aromatic carbocycles. The maximum absolute atomic E-state index is 12.5. The maximum Gasteiger partial charge on any atom is 0.337 e. The summed E-state index contributed by atoms with van der Waals surface area (Å²) in [5, 5.41) is 17.2. The monoisotopic (exact) mass is 397 g/mol. The molecule has 29 heavy (non-hydrogen) atoms. The minimum Gasteiger partial charge on any atom is -0.478 e. The van der Waals surface area contributed by atoms with Gasteiger partial charge in [-0.05, 0) is 56.1 Å². The first-order chi connectivity index (χ1) is 14.0. The van der Waals surface area contributed by atoms with Gasteiger partial charge in [0.1, 0.15) is 5.69 Å². The van der Waals surface area contributed by atoms with Crippen molar-refractivity contribution >= 4 is 11.9 Å². The third-order valence-electron chi connectivity index (χ3n) is 6.27. The predicted molar refractivity (Wildman–Crippen MR) is 106 cm³/mol. The van der Waals surface area contributed by atoms with Gasteiger partial charge in [0, 0.05) is 32.3 Å². The molecule has 1 spiro atoms. The topological polar surface area (TPSA) is 101 Å². The van der Waals surface area contributed by atoms with E-state index in [9.17, 15) is 9.59 Å². The number of amides is 1. The van der Waals surface area contributed by atoms with Crippen LogP contribution in [0.15, 0.2) is 24.5 Å². The van der Waals surface area contributed by atoms with Crippen LogP contribution in [0.1, 0.15) is 61.7 Å². The summed E-state index contributed by atoms with van der Waals surface area (Å²) < 4.78 is 1.75. The molecule has 1 aliphatic heterocycles. The minimum atomic E-state index is -1.00. The fourth-order valence-corrected chi connectivity index (χ4v) is 4.41. The van der Waals surface area contributed by atoms with Gasteiger partial charge in [-0.1, -0.05) is 11.6 Å². The molecule has 3 heterocycles. The lowest BCUT2D eigenvalue weighted by atomic mass is 9.64. The summed E-state index contributed by atoms with van der Waals surface area (Å²) >= 11 is 0. The Balaban J connectivity index is 1.22. The molecular weight excluding hydrogens is 370 g/mol. The molecule has 2 aliphatic rings. The third-order valence-corrected chi connectivity index (χ3v) is 6.27. The lowest BCUT2D eigenvalue weighted by Gasteiger charge is -2.49. The van der Waals surface area contributed by atoms with Crippen LogP contribution < -0.4 is 0 Å². The quantitative estimate of drug-likeness (QED) is 0.721. The second-order valence-electron chi connectivity index (χ2n) is 8.33. The molecule has 2 fully saturated rings. The molecule has 1 saturated carbocycles. The highest BCUT2D eigenvalue weighted by molar-refractivity contribution is 5.87. The zero-order valence-corrected chi connectivity index (χ0v) is 16.6. The van der Waals surface area contributed by atoms with E-state index in [4.69, 9.17) is 5.11 Å². The molecule has 2 aromatic rings. The number of aromatic carboxylic acids is 1. The fraction of sp³-hybridized carbons (Fsp3) is 0.571. The fourth-order valence-electron chi connectivity index (χ4n) is 4.41. The van der Waals surface area contributed by atoms with E-state index in [2.05, 4.69) is 20.2 Å². The summed E-state index contributed by atoms with van der Waals surface area (Å²) in [6.45, 7) is 2.57. The number of unbranched alkanes of at least 4 members (excludes halogenated alkanes) is 1. The van der Waals surface area contributed by atoms with Gasteiger partial charge in [-0.25, -0.2) is 4.79 Å². The summed E-state index contributed by atoms with van der Waals surface area (Å²) in [7, 11) is 0. The molecule has 0 bridgehead atoms. The number of carbonyl (C=O) groups is 2. The lowest BCUT2D eigenvalue weighted by molar-refractivity contribution is -0.136. The number of nitrogens with zero attached hydrogens (tertiary/aromatic N) is 5. The van der Waals surface area contributed by atoms with Gasteiger partial charge in [-0.3, -0.25) is 14.5 Å². The van der Waals surface area contributed by atoms with Crippen molar-refractivity contribution in [3.8, 4) is 11.4 Å². The van der Waals surface area contributed by atoms with Crippen LogP contribution >= 0.6 is 0 Å². The first-order valence-corrected chi connectivity index (χ1v) is 10.4. The van der Waals surface area contributed by atoms with E-state index in [0.29, 0.717) is 29.8 Å². The zero-order valence-electron chi connectivity index (χ0n) is 16.6. The molecule has 1 saturated heterocycles. The normalized spacial score (nSPS) is 17.9. The Kier molecular flexibility index (Phi) is 5.60. The Morgan fingerprint density at radius 1 is 1.10 bits per heavy atom. The number of carboxylic acids is 1. The number of aryl methyl sites for hydroxylation is 1. The number of rotatable bonds is 7. The molecule has 0 radical (unpaired) electrons. The van der Waals surface area contributed by atoms with Crippen molar-refractivity contribution in [1.82, 2.24) is 24.9 Å². The Bertz CT molecular complexity index is 873. The Hall–Kier alpha value is -2.77. The van der Waals surface area contributed by atoms with Crippen molar-refractivity contribution in [3.05, 3.63) is 30.1 Å². The molecule has 2 aromatic heterocycles. The highest BCUT2D eigenvalue weighted by Gasteiger charge is 2.41. The number of piperidine rings is 1. The molecule has 1 N–H and O–H groups in total. The Labute approximate surface area is 169 Å². The zero-order chi connectivity index (χ0) is 20.3. The molecule has 8 heteroatoms. The van der Waals surface area contributed by atoms with Crippen LogP contribution in [0, 0.1) is 5.41 Å². The third kappa shape index (κ3) is 4.46. The Morgan fingerprint density at radius 3 is 2.62 bits per heavy atom. The first-order valence-electron chi connectivity index (χ1n) is 10.4. The van der Waals surface area contributed by atoms with Crippen molar-refractivity contribution in [2.75, 3.05) is 13.1 Å².